The molecule has 1 aromatic carbocycles. The lowest BCUT2D eigenvalue weighted by Crippen LogP contribution is -2.51. The average molecular weight is 532 g/mol. The Kier molecular flexibility index (Phi) is 7.16. The first-order chi connectivity index (χ1) is 17.8. The molecule has 5 rings (SSSR count). The van der Waals surface area contributed by atoms with Crippen LogP contribution >= 0.6 is 11.6 Å². The summed E-state index contributed by atoms with van der Waals surface area (Å²) in [6.07, 6.45) is 0.526. The van der Waals surface area contributed by atoms with Crippen LogP contribution in [0.4, 0.5) is 23.8 Å². The van der Waals surface area contributed by atoms with Crippen molar-refractivity contribution < 1.29 is 18.0 Å². The molecule has 0 aliphatic carbocycles. The molecule has 4 heterocycles. The summed E-state index contributed by atoms with van der Waals surface area (Å²) < 4.78 is 41.1. The van der Waals surface area contributed by atoms with E-state index in [1.165, 1.54) is 12.1 Å². The van der Waals surface area contributed by atoms with Gasteiger partial charge in [-0.05, 0) is 36.2 Å². The molecule has 1 unspecified atom stereocenters. The predicted octanol–water partition coefficient (Wildman–Crippen LogP) is 4.86. The summed E-state index contributed by atoms with van der Waals surface area (Å²) in [6.45, 7) is 3.85. The maximum absolute atomic E-state index is 14.7. The summed E-state index contributed by atoms with van der Waals surface area (Å²) >= 11 is 6.16. The molecule has 1 saturated heterocycles. The van der Waals surface area contributed by atoms with Crippen LogP contribution in [0.5, 0.6) is 0 Å². The number of pyridine rings is 1. The second-order valence-corrected chi connectivity index (χ2v) is 9.39. The van der Waals surface area contributed by atoms with Crippen LogP contribution in [-0.2, 0) is 13.1 Å². The Hall–Kier alpha value is -3.44. The molecule has 12 heteroatoms. The minimum absolute atomic E-state index is 0.00288. The first-order valence-corrected chi connectivity index (χ1v) is 12.2. The number of carbonyl (C=O) groups is 1. The molecule has 2 atom stereocenters. The van der Waals surface area contributed by atoms with Crippen molar-refractivity contribution in [3.05, 3.63) is 81.8 Å². The van der Waals surface area contributed by atoms with Gasteiger partial charge in [0, 0.05) is 43.2 Å². The van der Waals surface area contributed by atoms with Crippen molar-refractivity contribution >= 4 is 23.4 Å². The molecule has 0 radical (unpaired) electrons. The Labute approximate surface area is 216 Å². The number of carbonyl (C=O) groups excluding carboxylic acids is 1. The van der Waals surface area contributed by atoms with Gasteiger partial charge in [0.15, 0.2) is 0 Å². The molecule has 2 aromatic heterocycles. The fourth-order valence-electron chi connectivity index (χ4n) is 4.78. The van der Waals surface area contributed by atoms with Gasteiger partial charge in [0.05, 0.1) is 36.4 Å². The molecular formula is C25H25ClF3N7O. The Morgan fingerprint density at radius 3 is 2.65 bits per heavy atom. The fraction of sp³-hybridized carbons (Fsp3) is 0.360. The zero-order valence-corrected chi connectivity index (χ0v) is 20.7. The number of benzene rings is 1. The number of amides is 2. The van der Waals surface area contributed by atoms with Crippen LogP contribution in [0.15, 0.2) is 42.7 Å². The second-order valence-electron chi connectivity index (χ2n) is 9.06. The van der Waals surface area contributed by atoms with Crippen LogP contribution in [0.1, 0.15) is 53.4 Å². The maximum atomic E-state index is 14.7. The van der Waals surface area contributed by atoms with Crippen LogP contribution in [0.25, 0.3) is 0 Å². The summed E-state index contributed by atoms with van der Waals surface area (Å²) in [7, 11) is 0. The van der Waals surface area contributed by atoms with E-state index in [1.807, 2.05) is 12.1 Å². The van der Waals surface area contributed by atoms with E-state index >= 15 is 0 Å². The van der Waals surface area contributed by atoms with Gasteiger partial charge in [0.25, 0.3) is 6.43 Å². The highest BCUT2D eigenvalue weighted by Crippen LogP contribution is 2.33. The molecule has 3 aromatic rings. The normalized spacial score (nSPS) is 18.2. The van der Waals surface area contributed by atoms with Crippen molar-refractivity contribution in [2.45, 2.75) is 38.5 Å². The van der Waals surface area contributed by atoms with Crippen LogP contribution in [0.3, 0.4) is 0 Å². The van der Waals surface area contributed by atoms with Gasteiger partial charge in [-0.25, -0.2) is 27.9 Å². The summed E-state index contributed by atoms with van der Waals surface area (Å²) in [5, 5.41) is 6.49. The van der Waals surface area contributed by atoms with Gasteiger partial charge >= 0.3 is 6.03 Å². The topological polar surface area (TPSA) is 86.3 Å². The van der Waals surface area contributed by atoms with E-state index in [-0.39, 0.29) is 36.0 Å². The van der Waals surface area contributed by atoms with E-state index in [9.17, 15) is 18.0 Å². The molecule has 2 aliphatic rings. The van der Waals surface area contributed by atoms with Crippen molar-refractivity contribution in [2.24, 2.45) is 0 Å². The molecule has 0 saturated carbocycles. The number of urea groups is 1. The van der Waals surface area contributed by atoms with E-state index in [4.69, 9.17) is 11.6 Å². The molecule has 0 bridgehead atoms. The molecule has 0 spiro atoms. The lowest BCUT2D eigenvalue weighted by atomic mass is 10.0. The molecule has 1 fully saturated rings. The second kappa shape index (κ2) is 10.5. The number of rotatable bonds is 5. The third-order valence-electron chi connectivity index (χ3n) is 6.69. The number of hydrogen-bond donors (Lipinski definition) is 2. The largest absolute Gasteiger partial charge is 0.363 e. The van der Waals surface area contributed by atoms with Gasteiger partial charge in [-0.1, -0.05) is 18.2 Å². The highest BCUT2D eigenvalue weighted by molar-refractivity contribution is 6.28. The molecule has 194 valence electrons. The van der Waals surface area contributed by atoms with E-state index in [0.717, 1.165) is 11.6 Å². The Balaban J connectivity index is 1.32. The van der Waals surface area contributed by atoms with Gasteiger partial charge in [-0.15, -0.1) is 0 Å². The highest BCUT2D eigenvalue weighted by atomic mass is 35.5. The number of hydrogen-bond acceptors (Lipinski definition) is 6. The Morgan fingerprint density at radius 2 is 1.89 bits per heavy atom. The van der Waals surface area contributed by atoms with E-state index in [2.05, 4.69) is 25.6 Å². The predicted molar refractivity (Wildman–Crippen MR) is 132 cm³/mol. The first kappa shape index (κ1) is 25.2. The average Bonchev–Trinajstić information content (AvgIpc) is 3.33. The van der Waals surface area contributed by atoms with Crippen LogP contribution in [0, 0.1) is 5.82 Å². The Morgan fingerprint density at radius 1 is 1.14 bits per heavy atom. The molecule has 37 heavy (non-hydrogen) atoms. The molecule has 2 aliphatic heterocycles. The molecule has 2 N–H and O–H groups in total. The van der Waals surface area contributed by atoms with Crippen molar-refractivity contribution in [3.8, 4) is 0 Å². The smallest absolute Gasteiger partial charge is 0.320 e. The summed E-state index contributed by atoms with van der Waals surface area (Å²) in [4.78, 5) is 29.5. The highest BCUT2D eigenvalue weighted by Gasteiger charge is 2.34. The number of fused-ring (bicyclic) bond motifs is 1. The summed E-state index contributed by atoms with van der Waals surface area (Å²) in [5.41, 5.74) is 1.73. The SMILES string of the molecule is C[C@@H](Nc1nc(Cl)nc2c1CN(C(=O)N1CCNC(c3ccncc3)C1)C2)c1cccc(C(F)F)c1F. The molecule has 2 amide bonds. The first-order valence-electron chi connectivity index (χ1n) is 11.9. The van der Waals surface area contributed by atoms with Gasteiger partial charge in [-0.2, -0.15) is 0 Å². The zero-order valence-electron chi connectivity index (χ0n) is 20.0. The van der Waals surface area contributed by atoms with Crippen molar-refractivity contribution in [2.75, 3.05) is 25.0 Å². The minimum atomic E-state index is -2.92. The number of nitrogens with zero attached hydrogens (tertiary/aromatic N) is 5. The number of aromatic nitrogens is 3. The van der Waals surface area contributed by atoms with Gasteiger partial charge in [-0.3, -0.25) is 4.98 Å². The van der Waals surface area contributed by atoms with Gasteiger partial charge in [0.2, 0.25) is 5.28 Å². The summed E-state index contributed by atoms with van der Waals surface area (Å²) in [6, 6.07) is 6.93. The minimum Gasteiger partial charge on any atom is -0.363 e. The lowest BCUT2D eigenvalue weighted by molar-refractivity contribution is 0.136. The molecular weight excluding hydrogens is 507 g/mol. The third-order valence-corrected chi connectivity index (χ3v) is 6.86. The zero-order chi connectivity index (χ0) is 26.1. The number of halogens is 4. The molecule has 8 nitrogen and oxygen atoms in total. The van der Waals surface area contributed by atoms with Crippen LogP contribution < -0.4 is 10.6 Å². The van der Waals surface area contributed by atoms with E-state index < -0.39 is 23.8 Å². The third kappa shape index (κ3) is 5.19. The van der Waals surface area contributed by atoms with Crippen molar-refractivity contribution in [1.82, 2.24) is 30.1 Å². The quantitative estimate of drug-likeness (QED) is 0.457. The Bertz CT molecular complexity index is 1300. The maximum Gasteiger partial charge on any atom is 0.320 e. The standard InChI is InChI=1S/C25H25ClF3N7O/c1-14(16-3-2-4-17(21(16)27)22(28)29)32-23-18-11-36(13-20(18)33-24(26)34-23)25(37)35-10-9-31-19(12-35)15-5-7-30-8-6-15/h2-8,14,19,22,31H,9-13H2,1H3,(H,32,33,34)/t14-,19?/m1/s1. The van der Waals surface area contributed by atoms with E-state index in [0.29, 0.717) is 36.7 Å². The van der Waals surface area contributed by atoms with Crippen LogP contribution in [-0.4, -0.2) is 50.4 Å². The van der Waals surface area contributed by atoms with Crippen LogP contribution in [0.2, 0.25) is 5.28 Å². The monoisotopic (exact) mass is 531 g/mol. The van der Waals surface area contributed by atoms with Gasteiger partial charge < -0.3 is 20.4 Å². The number of nitrogens with one attached hydrogen (secondary N) is 2. The lowest BCUT2D eigenvalue weighted by Gasteiger charge is -2.36. The van der Waals surface area contributed by atoms with Gasteiger partial charge in [0.1, 0.15) is 11.6 Å². The van der Waals surface area contributed by atoms with Crippen molar-refractivity contribution in [3.63, 3.8) is 0 Å². The van der Waals surface area contributed by atoms with Crippen molar-refractivity contribution in [1.29, 1.82) is 0 Å². The number of piperazine rings is 1. The number of alkyl halides is 2. The fourth-order valence-corrected chi connectivity index (χ4v) is 4.96. The van der Waals surface area contributed by atoms with E-state index in [1.54, 1.807) is 29.1 Å². The summed E-state index contributed by atoms with van der Waals surface area (Å²) in [5.74, 6) is -0.622. The number of anilines is 1.